The molecule has 0 aromatic carbocycles. The van der Waals surface area contributed by atoms with Crippen LogP contribution in [0.1, 0.15) is 17.3 Å². The zero-order valence-electron chi connectivity index (χ0n) is 9.03. The van der Waals surface area contributed by atoms with E-state index in [-0.39, 0.29) is 16.6 Å². The highest BCUT2D eigenvalue weighted by Crippen LogP contribution is 2.20. The number of nitrogens with zero attached hydrogens (tertiary/aromatic N) is 1. The lowest BCUT2D eigenvalue weighted by atomic mass is 10.3. The average Bonchev–Trinajstić information content (AvgIpc) is 2.21. The molecule has 0 saturated carbocycles. The maximum Gasteiger partial charge on any atom is 0.337 e. The molecule has 0 aliphatic carbocycles. The largest absolute Gasteiger partial charge is 0.478 e. The molecule has 6 heteroatoms. The molecular weight excluding hydrogens is 232 g/mol. The van der Waals surface area contributed by atoms with Gasteiger partial charge in [-0.05, 0) is 13.0 Å². The summed E-state index contributed by atoms with van der Waals surface area (Å²) in [6, 6.07) is 1.41. The van der Waals surface area contributed by atoms with Gasteiger partial charge in [0.25, 0.3) is 0 Å². The number of methoxy groups -OCH3 is 1. The fourth-order valence-electron chi connectivity index (χ4n) is 1.19. The van der Waals surface area contributed by atoms with Crippen LogP contribution in [0.5, 0.6) is 0 Å². The Balaban J connectivity index is 2.79. The summed E-state index contributed by atoms with van der Waals surface area (Å²) in [6.07, 6.45) is 1.26. The number of rotatable bonds is 5. The molecule has 5 nitrogen and oxygen atoms in total. The summed E-state index contributed by atoms with van der Waals surface area (Å²) in [4.78, 5) is 14.6. The Hall–Kier alpha value is -1.33. The van der Waals surface area contributed by atoms with Crippen molar-refractivity contribution in [1.82, 2.24) is 4.98 Å². The minimum atomic E-state index is -1.05. The standard InChI is InChI=1S/C10H13ClN2O3/c1-6(5-16-2)13-9-8(11)3-7(4-12-9)10(14)15/h3-4,6H,5H2,1-2H3,(H,12,13)(H,14,15). The molecule has 1 heterocycles. The van der Waals surface area contributed by atoms with Crippen LogP contribution in [0, 0.1) is 0 Å². The maximum atomic E-state index is 10.7. The van der Waals surface area contributed by atoms with Gasteiger partial charge in [0.2, 0.25) is 0 Å². The highest BCUT2D eigenvalue weighted by atomic mass is 35.5. The molecule has 88 valence electrons. The number of hydrogen-bond donors (Lipinski definition) is 2. The smallest absolute Gasteiger partial charge is 0.337 e. The van der Waals surface area contributed by atoms with Crippen molar-refractivity contribution in [1.29, 1.82) is 0 Å². The van der Waals surface area contributed by atoms with Gasteiger partial charge in [-0.15, -0.1) is 0 Å². The number of pyridine rings is 1. The number of anilines is 1. The number of carboxylic acid groups (broad SMARTS) is 1. The van der Waals surface area contributed by atoms with Crippen LogP contribution in [0.4, 0.5) is 5.82 Å². The minimum absolute atomic E-state index is 0.0469. The van der Waals surface area contributed by atoms with Crippen LogP contribution in [0.2, 0.25) is 5.02 Å². The molecule has 1 atom stereocenters. The monoisotopic (exact) mass is 244 g/mol. The molecule has 0 aliphatic heterocycles. The normalized spacial score (nSPS) is 12.2. The van der Waals surface area contributed by atoms with E-state index >= 15 is 0 Å². The van der Waals surface area contributed by atoms with Gasteiger partial charge >= 0.3 is 5.97 Å². The summed E-state index contributed by atoms with van der Waals surface area (Å²) < 4.78 is 4.95. The molecule has 0 radical (unpaired) electrons. The van der Waals surface area contributed by atoms with Gasteiger partial charge in [0.15, 0.2) is 0 Å². The summed E-state index contributed by atoms with van der Waals surface area (Å²) in [5.74, 6) is -0.595. The van der Waals surface area contributed by atoms with Gasteiger partial charge in [-0.25, -0.2) is 9.78 Å². The van der Waals surface area contributed by atoms with E-state index < -0.39 is 5.97 Å². The van der Waals surface area contributed by atoms with Gasteiger partial charge in [-0.2, -0.15) is 0 Å². The van der Waals surface area contributed by atoms with E-state index in [1.165, 1.54) is 12.3 Å². The van der Waals surface area contributed by atoms with Crippen molar-refractivity contribution < 1.29 is 14.6 Å². The van der Waals surface area contributed by atoms with Crippen molar-refractivity contribution in [2.24, 2.45) is 0 Å². The van der Waals surface area contributed by atoms with E-state index in [2.05, 4.69) is 10.3 Å². The number of carbonyl (C=O) groups is 1. The summed E-state index contributed by atoms with van der Waals surface area (Å²) in [5, 5.41) is 12.0. The van der Waals surface area contributed by atoms with Gasteiger partial charge in [0.1, 0.15) is 5.82 Å². The van der Waals surface area contributed by atoms with Crippen LogP contribution < -0.4 is 5.32 Å². The molecule has 1 aromatic heterocycles. The molecule has 0 bridgehead atoms. The van der Waals surface area contributed by atoms with Crippen LogP contribution in [0.3, 0.4) is 0 Å². The van der Waals surface area contributed by atoms with E-state index in [9.17, 15) is 4.79 Å². The van der Waals surface area contributed by atoms with Crippen LogP contribution in [-0.4, -0.2) is 35.8 Å². The molecule has 2 N–H and O–H groups in total. The summed E-state index contributed by atoms with van der Waals surface area (Å²) in [6.45, 7) is 2.42. The van der Waals surface area contributed by atoms with E-state index in [1.54, 1.807) is 7.11 Å². The van der Waals surface area contributed by atoms with Gasteiger partial charge in [0, 0.05) is 19.3 Å². The lowest BCUT2D eigenvalue weighted by molar-refractivity contribution is 0.0696. The molecule has 0 aliphatic rings. The lowest BCUT2D eigenvalue weighted by Gasteiger charge is -2.14. The zero-order valence-corrected chi connectivity index (χ0v) is 9.78. The van der Waals surface area contributed by atoms with Crippen LogP contribution in [0.25, 0.3) is 0 Å². The molecule has 1 aromatic rings. The Morgan fingerprint density at radius 3 is 2.94 bits per heavy atom. The van der Waals surface area contributed by atoms with Crippen molar-refractivity contribution in [3.05, 3.63) is 22.8 Å². The molecule has 0 fully saturated rings. The van der Waals surface area contributed by atoms with Crippen molar-refractivity contribution in [3.8, 4) is 0 Å². The van der Waals surface area contributed by atoms with Gasteiger partial charge in [-0.1, -0.05) is 11.6 Å². The summed E-state index contributed by atoms with van der Waals surface area (Å²) >= 11 is 5.89. The fourth-order valence-corrected chi connectivity index (χ4v) is 1.41. The molecule has 1 unspecified atom stereocenters. The number of carboxylic acids is 1. The maximum absolute atomic E-state index is 10.7. The number of aromatic carboxylic acids is 1. The molecule has 0 saturated heterocycles. The van der Waals surface area contributed by atoms with E-state index in [0.29, 0.717) is 12.4 Å². The number of halogens is 1. The van der Waals surface area contributed by atoms with Gasteiger partial charge in [0.05, 0.1) is 17.2 Å². The highest BCUT2D eigenvalue weighted by molar-refractivity contribution is 6.33. The van der Waals surface area contributed by atoms with Crippen molar-refractivity contribution in [3.63, 3.8) is 0 Å². The van der Waals surface area contributed by atoms with Gasteiger partial charge < -0.3 is 15.2 Å². The third-order valence-corrected chi connectivity index (χ3v) is 2.18. The van der Waals surface area contributed by atoms with Crippen molar-refractivity contribution in [2.75, 3.05) is 19.0 Å². The molecule has 0 spiro atoms. The highest BCUT2D eigenvalue weighted by Gasteiger charge is 2.10. The Labute approximate surface area is 98.4 Å². The summed E-state index contributed by atoms with van der Waals surface area (Å²) in [7, 11) is 1.60. The molecule has 16 heavy (non-hydrogen) atoms. The third kappa shape index (κ3) is 3.36. The Morgan fingerprint density at radius 1 is 1.75 bits per heavy atom. The Morgan fingerprint density at radius 2 is 2.44 bits per heavy atom. The first-order valence-corrected chi connectivity index (χ1v) is 5.06. The van der Waals surface area contributed by atoms with E-state index in [4.69, 9.17) is 21.4 Å². The van der Waals surface area contributed by atoms with Crippen LogP contribution >= 0.6 is 11.6 Å². The minimum Gasteiger partial charge on any atom is -0.478 e. The third-order valence-electron chi connectivity index (χ3n) is 1.89. The van der Waals surface area contributed by atoms with Gasteiger partial charge in [-0.3, -0.25) is 0 Å². The number of hydrogen-bond acceptors (Lipinski definition) is 4. The van der Waals surface area contributed by atoms with Crippen LogP contribution in [-0.2, 0) is 4.74 Å². The predicted molar refractivity (Wildman–Crippen MR) is 61.2 cm³/mol. The van der Waals surface area contributed by atoms with Crippen LogP contribution in [0.15, 0.2) is 12.3 Å². The quantitative estimate of drug-likeness (QED) is 0.828. The molecule has 0 amide bonds. The number of ether oxygens (including phenoxy) is 1. The topological polar surface area (TPSA) is 71.5 Å². The Bertz CT molecular complexity index is 384. The van der Waals surface area contributed by atoms with E-state index in [1.807, 2.05) is 6.92 Å². The first-order valence-electron chi connectivity index (χ1n) is 4.69. The van der Waals surface area contributed by atoms with Crippen molar-refractivity contribution in [2.45, 2.75) is 13.0 Å². The molecular formula is C10H13ClN2O3. The second-order valence-electron chi connectivity index (χ2n) is 3.36. The first-order chi connectivity index (χ1) is 7.54. The fraction of sp³-hybridized carbons (Fsp3) is 0.400. The Kier molecular flexibility index (Phi) is 4.52. The number of aromatic nitrogens is 1. The van der Waals surface area contributed by atoms with Crippen molar-refractivity contribution >= 4 is 23.4 Å². The summed E-state index contributed by atoms with van der Waals surface area (Å²) in [5.41, 5.74) is 0.0648. The zero-order chi connectivity index (χ0) is 12.1. The molecule has 1 rings (SSSR count). The second kappa shape index (κ2) is 5.67. The first kappa shape index (κ1) is 12.7. The SMILES string of the molecule is COCC(C)Nc1ncc(C(=O)O)cc1Cl. The lowest BCUT2D eigenvalue weighted by Crippen LogP contribution is -2.21. The predicted octanol–water partition coefficient (Wildman–Crippen LogP) is 1.88. The second-order valence-corrected chi connectivity index (χ2v) is 3.77. The number of nitrogens with one attached hydrogen (secondary N) is 1. The average molecular weight is 245 g/mol. The van der Waals surface area contributed by atoms with E-state index in [0.717, 1.165) is 0 Å².